The van der Waals surface area contributed by atoms with E-state index in [1.54, 1.807) is 26.0 Å². The molecule has 122 valence electrons. The maximum absolute atomic E-state index is 12.3. The number of ether oxygens (including phenoxy) is 1. The van der Waals surface area contributed by atoms with Crippen LogP contribution in [-0.2, 0) is 9.53 Å². The first-order valence-electron chi connectivity index (χ1n) is 7.55. The maximum Gasteiger partial charge on any atom is 0.178 e. The van der Waals surface area contributed by atoms with Crippen LogP contribution in [-0.4, -0.2) is 35.4 Å². The molecule has 2 atom stereocenters. The minimum absolute atomic E-state index is 0.0815. The third-order valence-electron chi connectivity index (χ3n) is 4.43. The third kappa shape index (κ3) is 3.05. The normalized spacial score (nSPS) is 33.8. The molecule has 5 nitrogen and oxygen atoms in total. The standard InChI is InChI=1S/C18H22N2O3/c1-5-6-14(9-20-4)18(22)11-17(23-12-18)7-13(8-19)15(21)16(2,3)10-17/h5-7,9,22H,4,10-12H2,1-3H3/b6-5-,14-9+. The topological polar surface area (TPSA) is 82.7 Å². The number of nitrogens with zero attached hydrogens (tertiary/aromatic N) is 2. The fourth-order valence-corrected chi connectivity index (χ4v) is 3.50. The van der Waals surface area contributed by atoms with E-state index in [2.05, 4.69) is 11.7 Å². The van der Waals surface area contributed by atoms with E-state index in [-0.39, 0.29) is 24.4 Å². The Hall–Kier alpha value is -2.03. The lowest BCUT2D eigenvalue weighted by molar-refractivity contribution is -0.127. The first-order chi connectivity index (χ1) is 10.7. The molecule has 1 fully saturated rings. The number of carbonyl (C=O) groups is 1. The maximum atomic E-state index is 12.3. The van der Waals surface area contributed by atoms with Crippen LogP contribution in [0.15, 0.2) is 40.6 Å². The summed E-state index contributed by atoms with van der Waals surface area (Å²) in [4.78, 5) is 16.0. The monoisotopic (exact) mass is 314 g/mol. The van der Waals surface area contributed by atoms with Crippen LogP contribution in [0.2, 0.25) is 0 Å². The third-order valence-corrected chi connectivity index (χ3v) is 4.43. The Kier molecular flexibility index (Phi) is 4.43. The van der Waals surface area contributed by atoms with Crippen LogP contribution in [0.1, 0.15) is 33.6 Å². The first kappa shape index (κ1) is 17.3. The van der Waals surface area contributed by atoms with Crippen molar-refractivity contribution in [3.63, 3.8) is 0 Å². The van der Waals surface area contributed by atoms with Gasteiger partial charge in [-0.15, -0.1) is 0 Å². The minimum atomic E-state index is -1.22. The highest BCUT2D eigenvalue weighted by atomic mass is 16.5. The van der Waals surface area contributed by atoms with Crippen molar-refractivity contribution in [2.45, 2.75) is 44.8 Å². The molecule has 0 saturated carbocycles. The van der Waals surface area contributed by atoms with Gasteiger partial charge in [0.2, 0.25) is 0 Å². The summed E-state index contributed by atoms with van der Waals surface area (Å²) in [6, 6.07) is 1.96. The Balaban J connectivity index is 2.43. The van der Waals surface area contributed by atoms with E-state index in [4.69, 9.17) is 4.74 Å². The number of nitriles is 1. The van der Waals surface area contributed by atoms with E-state index in [9.17, 15) is 15.2 Å². The van der Waals surface area contributed by atoms with Gasteiger partial charge in [-0.2, -0.15) is 5.26 Å². The van der Waals surface area contributed by atoms with Gasteiger partial charge in [0.1, 0.15) is 11.7 Å². The summed E-state index contributed by atoms with van der Waals surface area (Å²) in [6.07, 6.45) is 7.37. The molecule has 0 bridgehead atoms. The van der Waals surface area contributed by atoms with Crippen molar-refractivity contribution in [1.82, 2.24) is 0 Å². The number of hydrogen-bond acceptors (Lipinski definition) is 5. The van der Waals surface area contributed by atoms with Crippen LogP contribution in [0.3, 0.4) is 0 Å². The van der Waals surface area contributed by atoms with Gasteiger partial charge in [0.25, 0.3) is 0 Å². The lowest BCUT2D eigenvalue weighted by Crippen LogP contribution is -2.43. The van der Waals surface area contributed by atoms with Crippen molar-refractivity contribution >= 4 is 12.5 Å². The van der Waals surface area contributed by atoms with Crippen molar-refractivity contribution in [1.29, 1.82) is 5.26 Å². The van der Waals surface area contributed by atoms with Gasteiger partial charge < -0.3 is 9.84 Å². The second-order valence-electron chi connectivity index (χ2n) is 6.89. The molecule has 23 heavy (non-hydrogen) atoms. The smallest absolute Gasteiger partial charge is 0.178 e. The highest BCUT2D eigenvalue weighted by Gasteiger charge is 2.54. The first-order valence-corrected chi connectivity index (χ1v) is 7.55. The van der Waals surface area contributed by atoms with Crippen molar-refractivity contribution in [3.05, 3.63) is 35.6 Å². The fourth-order valence-electron chi connectivity index (χ4n) is 3.50. The van der Waals surface area contributed by atoms with E-state index >= 15 is 0 Å². The van der Waals surface area contributed by atoms with E-state index in [1.165, 1.54) is 6.20 Å². The molecule has 1 heterocycles. The summed E-state index contributed by atoms with van der Waals surface area (Å²) in [7, 11) is 0. The molecule has 1 spiro atoms. The molecule has 0 aromatic heterocycles. The van der Waals surface area contributed by atoms with Gasteiger partial charge in [-0.05, 0) is 26.1 Å². The minimum Gasteiger partial charge on any atom is -0.383 e. The molecule has 1 aliphatic heterocycles. The molecule has 1 aliphatic carbocycles. The molecule has 2 aliphatic rings. The van der Waals surface area contributed by atoms with Crippen LogP contribution in [0, 0.1) is 16.7 Å². The second kappa shape index (κ2) is 5.88. The molecular formula is C18H22N2O3. The number of rotatable bonds is 3. The average molecular weight is 314 g/mol. The Morgan fingerprint density at radius 1 is 1.52 bits per heavy atom. The number of allylic oxidation sites excluding steroid dienone is 2. The molecule has 1 saturated heterocycles. The van der Waals surface area contributed by atoms with Gasteiger partial charge in [0, 0.05) is 23.6 Å². The largest absolute Gasteiger partial charge is 0.383 e. The van der Waals surface area contributed by atoms with Crippen molar-refractivity contribution in [3.8, 4) is 6.07 Å². The van der Waals surface area contributed by atoms with Gasteiger partial charge in [-0.3, -0.25) is 9.79 Å². The molecule has 2 rings (SSSR count). The van der Waals surface area contributed by atoms with Gasteiger partial charge in [0.05, 0.1) is 17.8 Å². The zero-order valence-corrected chi connectivity index (χ0v) is 13.8. The zero-order chi connectivity index (χ0) is 17.3. The van der Waals surface area contributed by atoms with E-state index < -0.39 is 16.6 Å². The number of aliphatic hydroxyl groups is 1. The Morgan fingerprint density at radius 2 is 2.22 bits per heavy atom. The quantitative estimate of drug-likeness (QED) is 0.641. The van der Waals surface area contributed by atoms with Gasteiger partial charge in [-0.25, -0.2) is 0 Å². The summed E-state index contributed by atoms with van der Waals surface area (Å²) in [5.74, 6) is -0.179. The number of ketones is 1. The lowest BCUT2D eigenvalue weighted by atomic mass is 9.67. The molecule has 2 unspecified atom stereocenters. The molecule has 0 amide bonds. The molecular weight excluding hydrogens is 292 g/mol. The molecule has 0 aromatic carbocycles. The summed E-state index contributed by atoms with van der Waals surface area (Å²) in [6.45, 7) is 8.97. The number of aliphatic imine (C=N–C) groups is 1. The van der Waals surface area contributed by atoms with E-state index in [0.29, 0.717) is 12.0 Å². The van der Waals surface area contributed by atoms with Gasteiger partial charge >= 0.3 is 0 Å². The van der Waals surface area contributed by atoms with Crippen molar-refractivity contribution < 1.29 is 14.6 Å². The Bertz CT molecular complexity index is 666. The average Bonchev–Trinajstić information content (AvgIpc) is 2.80. The molecule has 0 radical (unpaired) electrons. The summed E-state index contributed by atoms with van der Waals surface area (Å²) >= 11 is 0. The Labute approximate surface area is 136 Å². The van der Waals surface area contributed by atoms with Crippen LogP contribution in [0.25, 0.3) is 0 Å². The SMILES string of the molecule is C=N/C=C(\C=C/C)C1(O)COC2(C=C(C#N)C(=O)C(C)(C)C2)C1. The van der Waals surface area contributed by atoms with Crippen molar-refractivity contribution in [2.75, 3.05) is 6.61 Å². The summed E-state index contributed by atoms with van der Waals surface area (Å²) in [5, 5.41) is 20.2. The lowest BCUT2D eigenvalue weighted by Gasteiger charge is -2.38. The van der Waals surface area contributed by atoms with E-state index in [0.717, 1.165) is 0 Å². The van der Waals surface area contributed by atoms with E-state index in [1.807, 2.05) is 19.1 Å². The Morgan fingerprint density at radius 3 is 2.78 bits per heavy atom. The van der Waals surface area contributed by atoms with Crippen LogP contribution in [0.5, 0.6) is 0 Å². The predicted octanol–water partition coefficient (Wildman–Crippen LogP) is 2.49. The van der Waals surface area contributed by atoms with Crippen molar-refractivity contribution in [2.24, 2.45) is 10.4 Å². The second-order valence-corrected chi connectivity index (χ2v) is 6.89. The predicted molar refractivity (Wildman–Crippen MR) is 87.8 cm³/mol. The van der Waals surface area contributed by atoms with Crippen LogP contribution >= 0.6 is 0 Å². The molecule has 1 N–H and O–H groups in total. The van der Waals surface area contributed by atoms with Gasteiger partial charge in [0.15, 0.2) is 5.78 Å². The highest BCUT2D eigenvalue weighted by Crippen LogP contribution is 2.48. The number of carbonyl (C=O) groups excluding carboxylic acids is 1. The number of Topliss-reactive ketones (excluding diaryl/α,β-unsaturated/α-hetero) is 1. The fraction of sp³-hybridized carbons (Fsp3) is 0.500. The zero-order valence-electron chi connectivity index (χ0n) is 13.8. The van der Waals surface area contributed by atoms with Gasteiger partial charge in [-0.1, -0.05) is 26.0 Å². The number of hydrogen-bond donors (Lipinski definition) is 1. The molecule has 5 heteroatoms. The summed E-state index contributed by atoms with van der Waals surface area (Å²) < 4.78 is 5.92. The highest BCUT2D eigenvalue weighted by molar-refractivity contribution is 6.03. The molecule has 0 aromatic rings. The van der Waals surface area contributed by atoms with Crippen LogP contribution in [0.4, 0.5) is 0 Å². The van der Waals surface area contributed by atoms with Crippen LogP contribution < -0.4 is 0 Å². The summed E-state index contributed by atoms with van der Waals surface area (Å²) in [5.41, 5.74) is -2.04.